The Hall–Kier alpha value is -1.71. The number of carbonyl (C=O) groups excluding carboxylic acids is 1. The summed E-state index contributed by atoms with van der Waals surface area (Å²) in [6.07, 6.45) is 0.618. The molecule has 1 amide bonds. The van der Waals surface area contributed by atoms with Crippen LogP contribution in [0, 0.1) is 0 Å². The van der Waals surface area contributed by atoms with Crippen LogP contribution >= 0.6 is 0 Å². The Kier molecular flexibility index (Phi) is 3.55. The van der Waals surface area contributed by atoms with E-state index in [1.807, 2.05) is 6.92 Å². The zero-order valence-corrected chi connectivity index (χ0v) is 8.82. The Labute approximate surface area is 88.6 Å². The molecular formula is C11H15NO3. The summed E-state index contributed by atoms with van der Waals surface area (Å²) in [5.41, 5.74) is 0.867. The van der Waals surface area contributed by atoms with Crippen LogP contribution in [0.1, 0.15) is 19.4 Å². The molecule has 0 aliphatic heterocycles. The molecule has 0 radical (unpaired) electrons. The number of amides is 1. The lowest BCUT2D eigenvalue weighted by Gasteiger charge is -2.12. The summed E-state index contributed by atoms with van der Waals surface area (Å²) in [5.74, 6) is -0.348. The third kappa shape index (κ3) is 3.50. The third-order valence-corrected chi connectivity index (χ3v) is 2.03. The zero-order chi connectivity index (χ0) is 11.4. The van der Waals surface area contributed by atoms with Crippen LogP contribution < -0.4 is 5.32 Å². The lowest BCUT2D eigenvalue weighted by atomic mass is 10.1. The highest BCUT2D eigenvalue weighted by molar-refractivity contribution is 5.73. The molecule has 1 atom stereocenters. The molecule has 0 fully saturated rings. The summed E-state index contributed by atoms with van der Waals surface area (Å²) >= 11 is 0. The van der Waals surface area contributed by atoms with E-state index in [2.05, 4.69) is 5.32 Å². The fourth-order valence-corrected chi connectivity index (χ4v) is 1.45. The highest BCUT2D eigenvalue weighted by Crippen LogP contribution is 2.25. The van der Waals surface area contributed by atoms with E-state index in [0.717, 1.165) is 5.56 Å². The third-order valence-electron chi connectivity index (χ3n) is 2.03. The van der Waals surface area contributed by atoms with Gasteiger partial charge in [0.15, 0.2) is 11.5 Å². The number of rotatable bonds is 3. The van der Waals surface area contributed by atoms with Crippen molar-refractivity contribution in [3.05, 3.63) is 23.8 Å². The van der Waals surface area contributed by atoms with Crippen LogP contribution in [0.2, 0.25) is 0 Å². The van der Waals surface area contributed by atoms with Gasteiger partial charge in [0.05, 0.1) is 0 Å². The Morgan fingerprint density at radius 2 is 2.07 bits per heavy atom. The van der Waals surface area contributed by atoms with E-state index in [4.69, 9.17) is 5.11 Å². The molecule has 0 aromatic heterocycles. The molecule has 1 unspecified atom stereocenters. The highest BCUT2D eigenvalue weighted by Gasteiger charge is 2.06. The van der Waals surface area contributed by atoms with Gasteiger partial charge < -0.3 is 15.5 Å². The Morgan fingerprint density at radius 1 is 1.40 bits per heavy atom. The van der Waals surface area contributed by atoms with Crippen LogP contribution in [0.4, 0.5) is 0 Å². The molecule has 82 valence electrons. The second kappa shape index (κ2) is 4.68. The van der Waals surface area contributed by atoms with Crippen molar-refractivity contribution in [3.63, 3.8) is 0 Å². The summed E-state index contributed by atoms with van der Waals surface area (Å²) < 4.78 is 0. The lowest BCUT2D eigenvalue weighted by molar-refractivity contribution is -0.119. The normalized spacial score (nSPS) is 12.1. The molecule has 1 rings (SSSR count). The molecular weight excluding hydrogens is 194 g/mol. The Balaban J connectivity index is 2.64. The fourth-order valence-electron chi connectivity index (χ4n) is 1.45. The number of hydrogen-bond acceptors (Lipinski definition) is 3. The molecule has 1 aromatic carbocycles. The van der Waals surface area contributed by atoms with Crippen LogP contribution in [-0.2, 0) is 11.2 Å². The predicted molar refractivity (Wildman–Crippen MR) is 56.8 cm³/mol. The Bertz CT molecular complexity index is 363. The molecule has 1 aromatic rings. The number of carbonyl (C=O) groups is 1. The van der Waals surface area contributed by atoms with Crippen molar-refractivity contribution in [1.82, 2.24) is 5.32 Å². The predicted octanol–water partition coefficient (Wildman–Crippen LogP) is 1.16. The molecule has 0 heterocycles. The van der Waals surface area contributed by atoms with Gasteiger partial charge in [-0.1, -0.05) is 6.07 Å². The van der Waals surface area contributed by atoms with Gasteiger partial charge in [0, 0.05) is 13.0 Å². The first-order chi connectivity index (χ1) is 6.99. The van der Waals surface area contributed by atoms with E-state index in [0.29, 0.717) is 6.42 Å². The minimum atomic E-state index is -0.137. The van der Waals surface area contributed by atoms with Gasteiger partial charge in [0.2, 0.25) is 5.91 Å². The highest BCUT2D eigenvalue weighted by atomic mass is 16.3. The van der Waals surface area contributed by atoms with Gasteiger partial charge in [-0.05, 0) is 31.0 Å². The monoisotopic (exact) mass is 209 g/mol. The first-order valence-electron chi connectivity index (χ1n) is 4.77. The van der Waals surface area contributed by atoms with Gasteiger partial charge in [-0.2, -0.15) is 0 Å². The number of hydrogen-bond donors (Lipinski definition) is 3. The fraction of sp³-hybridized carbons (Fsp3) is 0.364. The summed E-state index contributed by atoms with van der Waals surface area (Å²) in [7, 11) is 0. The van der Waals surface area contributed by atoms with Crippen molar-refractivity contribution in [2.75, 3.05) is 0 Å². The SMILES string of the molecule is CC(=O)NC(C)Cc1ccc(O)c(O)c1. The first-order valence-corrected chi connectivity index (χ1v) is 4.77. The Morgan fingerprint density at radius 3 is 2.60 bits per heavy atom. The van der Waals surface area contributed by atoms with Crippen molar-refractivity contribution in [2.45, 2.75) is 26.3 Å². The molecule has 0 aliphatic carbocycles. The molecule has 4 heteroatoms. The average Bonchev–Trinajstić information content (AvgIpc) is 2.10. The van der Waals surface area contributed by atoms with E-state index in [-0.39, 0.29) is 23.4 Å². The zero-order valence-electron chi connectivity index (χ0n) is 8.82. The van der Waals surface area contributed by atoms with E-state index < -0.39 is 0 Å². The van der Waals surface area contributed by atoms with Crippen molar-refractivity contribution in [1.29, 1.82) is 0 Å². The number of phenols is 2. The van der Waals surface area contributed by atoms with Crippen molar-refractivity contribution >= 4 is 5.91 Å². The number of phenolic OH excluding ortho intramolecular Hbond substituents is 2. The molecule has 0 spiro atoms. The van der Waals surface area contributed by atoms with Gasteiger partial charge in [-0.3, -0.25) is 4.79 Å². The maximum atomic E-state index is 10.8. The van der Waals surface area contributed by atoms with Gasteiger partial charge in [0.1, 0.15) is 0 Å². The minimum Gasteiger partial charge on any atom is -0.504 e. The van der Waals surface area contributed by atoms with Crippen molar-refractivity contribution in [2.24, 2.45) is 0 Å². The maximum Gasteiger partial charge on any atom is 0.217 e. The molecule has 0 bridgehead atoms. The molecule has 0 aliphatic rings. The van der Waals surface area contributed by atoms with Gasteiger partial charge >= 0.3 is 0 Å². The molecule has 4 nitrogen and oxygen atoms in total. The van der Waals surface area contributed by atoms with Gasteiger partial charge in [-0.15, -0.1) is 0 Å². The topological polar surface area (TPSA) is 69.6 Å². The van der Waals surface area contributed by atoms with E-state index in [9.17, 15) is 9.90 Å². The largest absolute Gasteiger partial charge is 0.504 e. The second-order valence-electron chi connectivity index (χ2n) is 3.63. The van der Waals surface area contributed by atoms with Crippen LogP contribution in [0.5, 0.6) is 11.5 Å². The smallest absolute Gasteiger partial charge is 0.217 e. The summed E-state index contributed by atoms with van der Waals surface area (Å²) in [6, 6.07) is 4.65. The lowest BCUT2D eigenvalue weighted by Crippen LogP contribution is -2.31. The quantitative estimate of drug-likeness (QED) is 0.654. The van der Waals surface area contributed by atoms with Gasteiger partial charge in [0.25, 0.3) is 0 Å². The summed E-state index contributed by atoms with van der Waals surface area (Å²) in [5, 5.41) is 21.1. The molecule has 0 saturated carbocycles. The maximum absolute atomic E-state index is 10.8. The van der Waals surface area contributed by atoms with Crippen molar-refractivity contribution in [3.8, 4) is 11.5 Å². The van der Waals surface area contributed by atoms with Crippen LogP contribution in [0.25, 0.3) is 0 Å². The van der Waals surface area contributed by atoms with Crippen LogP contribution in [0.15, 0.2) is 18.2 Å². The van der Waals surface area contributed by atoms with E-state index >= 15 is 0 Å². The summed E-state index contributed by atoms with van der Waals surface area (Å²) in [6.45, 7) is 3.34. The second-order valence-corrected chi connectivity index (χ2v) is 3.63. The number of nitrogens with one attached hydrogen (secondary N) is 1. The number of aromatic hydroxyl groups is 2. The van der Waals surface area contributed by atoms with Gasteiger partial charge in [-0.25, -0.2) is 0 Å². The molecule has 0 saturated heterocycles. The average molecular weight is 209 g/mol. The van der Waals surface area contributed by atoms with Crippen LogP contribution in [-0.4, -0.2) is 22.2 Å². The first kappa shape index (κ1) is 11.4. The standard InChI is InChI=1S/C11H15NO3/c1-7(12-8(2)13)5-9-3-4-10(14)11(15)6-9/h3-4,6-7,14-15H,5H2,1-2H3,(H,12,13). The molecule has 3 N–H and O–H groups in total. The van der Waals surface area contributed by atoms with Crippen LogP contribution in [0.3, 0.4) is 0 Å². The van der Waals surface area contributed by atoms with Crippen molar-refractivity contribution < 1.29 is 15.0 Å². The minimum absolute atomic E-state index is 0.00597. The van der Waals surface area contributed by atoms with E-state index in [1.165, 1.54) is 19.1 Å². The van der Waals surface area contributed by atoms with E-state index in [1.54, 1.807) is 6.07 Å². The molecule has 15 heavy (non-hydrogen) atoms. The summed E-state index contributed by atoms with van der Waals surface area (Å²) in [4.78, 5) is 10.8. The number of benzene rings is 1.